The number of alkyl halides is 3. The lowest BCUT2D eigenvalue weighted by Crippen LogP contribution is -2.47. The van der Waals surface area contributed by atoms with E-state index in [1.807, 2.05) is 13.8 Å². The third-order valence-electron chi connectivity index (χ3n) is 7.58. The van der Waals surface area contributed by atoms with Crippen LogP contribution in [-0.4, -0.2) is 45.4 Å². The van der Waals surface area contributed by atoms with Crippen LogP contribution in [0.3, 0.4) is 0 Å². The molecule has 2 amide bonds. The van der Waals surface area contributed by atoms with Crippen LogP contribution in [0.4, 0.5) is 23.5 Å². The Hall–Kier alpha value is -3.15. The average Bonchev–Trinajstić information content (AvgIpc) is 2.89. The highest BCUT2D eigenvalue weighted by molar-refractivity contribution is 6.31. The molecule has 218 valence electrons. The van der Waals surface area contributed by atoms with Gasteiger partial charge in [-0.1, -0.05) is 11.6 Å². The number of rotatable bonds is 5. The Bertz CT molecular complexity index is 1370. The Morgan fingerprint density at radius 2 is 1.80 bits per heavy atom. The molecule has 1 aliphatic heterocycles. The van der Waals surface area contributed by atoms with E-state index >= 15 is 0 Å². The molecule has 2 N–H and O–H groups in total. The van der Waals surface area contributed by atoms with Gasteiger partial charge < -0.3 is 15.5 Å². The summed E-state index contributed by atoms with van der Waals surface area (Å²) >= 11 is 5.53. The summed E-state index contributed by atoms with van der Waals surface area (Å²) in [6.45, 7) is 5.33. The van der Waals surface area contributed by atoms with Crippen LogP contribution < -0.4 is 16.2 Å². The lowest BCUT2D eigenvalue weighted by molar-refractivity contribution is -0.137. The summed E-state index contributed by atoms with van der Waals surface area (Å²) in [6, 6.07) is 0.428. The maximum atomic E-state index is 14.3. The molecule has 40 heavy (non-hydrogen) atoms. The van der Waals surface area contributed by atoms with Crippen molar-refractivity contribution in [3.63, 3.8) is 0 Å². The van der Waals surface area contributed by atoms with E-state index in [1.54, 1.807) is 18.5 Å². The van der Waals surface area contributed by atoms with Crippen LogP contribution in [0.15, 0.2) is 16.9 Å². The number of benzene rings is 1. The van der Waals surface area contributed by atoms with Gasteiger partial charge in [0.25, 0.3) is 11.5 Å². The summed E-state index contributed by atoms with van der Waals surface area (Å²) < 4.78 is 56.1. The molecule has 4 rings (SSSR count). The Balaban J connectivity index is 1.68. The second-order valence-corrected chi connectivity index (χ2v) is 11.1. The third-order valence-corrected chi connectivity index (χ3v) is 7.97. The summed E-state index contributed by atoms with van der Waals surface area (Å²) in [4.78, 5) is 45.2. The number of anilines is 1. The molecular weight excluding hydrogens is 554 g/mol. The standard InChI is InChI=1S/C27H32ClF4N5O3/c1-13(2)34-26-35-21-12-36(24(39)16-10-19(27(30,31)32)22(28)20(29)11-16)14(3)9-18(21)25(40)37(26)17-7-5-15(6-8-17)23(38)33-4/h10-11,13-15,17H,5-9,12H2,1-4H3,(H,33,38)(H,34,35)/t14-,15?,17?/m1/s1. The van der Waals surface area contributed by atoms with E-state index in [0.717, 1.165) is 0 Å². The second-order valence-electron chi connectivity index (χ2n) is 10.8. The van der Waals surface area contributed by atoms with Crippen molar-refractivity contribution in [2.24, 2.45) is 5.92 Å². The Morgan fingerprint density at radius 1 is 1.15 bits per heavy atom. The Labute approximate surface area is 234 Å². The first-order chi connectivity index (χ1) is 18.7. The van der Waals surface area contributed by atoms with Crippen LogP contribution in [0.1, 0.15) is 79.7 Å². The molecule has 2 aromatic rings. The largest absolute Gasteiger partial charge is 0.417 e. The van der Waals surface area contributed by atoms with Gasteiger partial charge in [-0.2, -0.15) is 13.2 Å². The van der Waals surface area contributed by atoms with Crippen molar-refractivity contribution < 1.29 is 27.2 Å². The highest BCUT2D eigenvalue weighted by atomic mass is 35.5. The van der Waals surface area contributed by atoms with Crippen molar-refractivity contribution in [1.82, 2.24) is 19.8 Å². The number of aromatic nitrogens is 2. The van der Waals surface area contributed by atoms with Crippen molar-refractivity contribution in [2.75, 3.05) is 12.4 Å². The number of nitrogens with one attached hydrogen (secondary N) is 2. The van der Waals surface area contributed by atoms with E-state index in [4.69, 9.17) is 16.6 Å². The Morgan fingerprint density at radius 3 is 2.38 bits per heavy atom. The lowest BCUT2D eigenvalue weighted by atomic mass is 9.85. The first-order valence-electron chi connectivity index (χ1n) is 13.2. The zero-order chi connectivity index (χ0) is 29.5. The number of hydrogen-bond donors (Lipinski definition) is 2. The molecule has 0 unspecified atom stereocenters. The lowest BCUT2D eigenvalue weighted by Gasteiger charge is -2.36. The predicted octanol–water partition coefficient (Wildman–Crippen LogP) is 4.94. The summed E-state index contributed by atoms with van der Waals surface area (Å²) in [5.74, 6) is -1.96. The smallest absolute Gasteiger partial charge is 0.359 e. The summed E-state index contributed by atoms with van der Waals surface area (Å²) in [7, 11) is 1.60. The fourth-order valence-corrected chi connectivity index (χ4v) is 5.74. The summed E-state index contributed by atoms with van der Waals surface area (Å²) in [5, 5.41) is 4.79. The van der Waals surface area contributed by atoms with Gasteiger partial charge in [-0.25, -0.2) is 9.37 Å². The van der Waals surface area contributed by atoms with Crippen LogP contribution in [0.5, 0.6) is 0 Å². The first-order valence-corrected chi connectivity index (χ1v) is 13.6. The number of nitrogens with zero attached hydrogens (tertiary/aromatic N) is 3. The highest BCUT2D eigenvalue weighted by Crippen LogP contribution is 2.38. The van der Waals surface area contributed by atoms with Crippen LogP contribution in [0.2, 0.25) is 5.02 Å². The number of amides is 2. The number of halogens is 5. The zero-order valence-electron chi connectivity index (χ0n) is 22.7. The van der Waals surface area contributed by atoms with Gasteiger partial charge in [0, 0.05) is 42.2 Å². The van der Waals surface area contributed by atoms with E-state index in [1.165, 1.54) is 4.90 Å². The van der Waals surface area contributed by atoms with E-state index in [0.29, 0.717) is 55.0 Å². The molecule has 1 saturated carbocycles. The van der Waals surface area contributed by atoms with E-state index in [2.05, 4.69) is 10.6 Å². The Kier molecular flexibility index (Phi) is 8.49. The number of hydrogen-bond acceptors (Lipinski definition) is 5. The van der Waals surface area contributed by atoms with Crippen molar-refractivity contribution in [2.45, 2.75) is 83.7 Å². The second kappa shape index (κ2) is 11.4. The normalized spacial score (nSPS) is 21.2. The number of carbonyl (C=O) groups is 2. The minimum Gasteiger partial charge on any atom is -0.359 e. The van der Waals surface area contributed by atoms with E-state index < -0.39 is 40.1 Å². The average molecular weight is 586 g/mol. The topological polar surface area (TPSA) is 96.3 Å². The minimum atomic E-state index is -4.95. The molecule has 2 heterocycles. The van der Waals surface area contributed by atoms with Crippen molar-refractivity contribution in [1.29, 1.82) is 0 Å². The first kappa shape index (κ1) is 29.8. The van der Waals surface area contributed by atoms with Gasteiger partial charge in [0.15, 0.2) is 0 Å². The van der Waals surface area contributed by atoms with Gasteiger partial charge in [0.05, 0.1) is 22.8 Å². The quantitative estimate of drug-likeness (QED) is 0.485. The van der Waals surface area contributed by atoms with Crippen molar-refractivity contribution in [3.8, 4) is 0 Å². The third kappa shape index (κ3) is 5.82. The summed E-state index contributed by atoms with van der Waals surface area (Å²) in [5.41, 5.74) is -1.41. The van der Waals surface area contributed by atoms with Gasteiger partial charge in [-0.3, -0.25) is 19.0 Å². The molecule has 1 aromatic carbocycles. The number of carbonyl (C=O) groups excluding carboxylic acids is 2. The monoisotopic (exact) mass is 585 g/mol. The molecule has 0 bridgehead atoms. The molecule has 0 saturated heterocycles. The van der Waals surface area contributed by atoms with Gasteiger partial charge in [0.1, 0.15) is 5.82 Å². The van der Waals surface area contributed by atoms with E-state index in [9.17, 15) is 31.9 Å². The van der Waals surface area contributed by atoms with Crippen LogP contribution >= 0.6 is 11.6 Å². The van der Waals surface area contributed by atoms with Gasteiger partial charge in [-0.15, -0.1) is 0 Å². The van der Waals surface area contributed by atoms with Crippen molar-refractivity contribution in [3.05, 3.63) is 55.7 Å². The van der Waals surface area contributed by atoms with Crippen LogP contribution in [0.25, 0.3) is 0 Å². The fraction of sp³-hybridized carbons (Fsp3) is 0.556. The molecular formula is C27H32ClF4N5O3. The maximum absolute atomic E-state index is 14.3. The molecule has 13 heteroatoms. The van der Waals surface area contributed by atoms with E-state index in [-0.39, 0.29) is 42.4 Å². The van der Waals surface area contributed by atoms with Gasteiger partial charge >= 0.3 is 6.18 Å². The SMILES string of the molecule is CNC(=O)C1CCC(n2c(NC(C)C)nc3c(c2=O)C[C@@H](C)N(C(=O)c2cc(F)c(Cl)c(C(F)(F)F)c2)C3)CC1. The molecule has 8 nitrogen and oxygen atoms in total. The molecule has 0 radical (unpaired) electrons. The molecule has 1 atom stereocenters. The van der Waals surface area contributed by atoms with Gasteiger partial charge in [-0.05, 0) is 65.0 Å². The zero-order valence-corrected chi connectivity index (χ0v) is 23.4. The van der Waals surface area contributed by atoms with Crippen LogP contribution in [-0.2, 0) is 23.9 Å². The van der Waals surface area contributed by atoms with Gasteiger partial charge in [0.2, 0.25) is 11.9 Å². The molecule has 1 fully saturated rings. The maximum Gasteiger partial charge on any atom is 0.417 e. The van der Waals surface area contributed by atoms with Crippen molar-refractivity contribution >= 4 is 29.4 Å². The van der Waals surface area contributed by atoms with Crippen LogP contribution in [0, 0.1) is 11.7 Å². The molecule has 1 aliphatic carbocycles. The fourth-order valence-electron chi connectivity index (χ4n) is 5.53. The molecule has 1 aromatic heterocycles. The summed E-state index contributed by atoms with van der Waals surface area (Å²) in [6.07, 6.45) is -2.32. The molecule has 0 spiro atoms. The highest BCUT2D eigenvalue weighted by Gasteiger charge is 2.38. The minimum absolute atomic E-state index is 0.0172. The molecule has 2 aliphatic rings. The predicted molar refractivity (Wildman–Crippen MR) is 142 cm³/mol. The number of fused-ring (bicyclic) bond motifs is 1.